The summed E-state index contributed by atoms with van der Waals surface area (Å²) in [5.41, 5.74) is -0.853. The van der Waals surface area contributed by atoms with Gasteiger partial charge in [-0.3, -0.25) is 4.79 Å². The molecule has 0 saturated carbocycles. The largest absolute Gasteiger partial charge is 0.416 e. The molecule has 2 aliphatic rings. The number of anilines is 2. The minimum atomic E-state index is -4.55. The average Bonchev–Trinajstić information content (AvgIpc) is 2.73. The van der Waals surface area contributed by atoms with E-state index in [1.807, 2.05) is 0 Å². The number of hydrogen-bond donors (Lipinski definition) is 0. The molecule has 0 atom stereocenters. The summed E-state index contributed by atoms with van der Waals surface area (Å²) in [7, 11) is -4.28. The molecule has 2 aromatic rings. The fourth-order valence-electron chi connectivity index (χ4n) is 3.40. The summed E-state index contributed by atoms with van der Waals surface area (Å²) in [6, 6.07) is 6.85. The zero-order valence-corrected chi connectivity index (χ0v) is 16.7. The molecule has 1 fully saturated rings. The third-order valence-corrected chi connectivity index (χ3v) is 6.77. The molecular formula is C20H16F4N2O4S. The summed E-state index contributed by atoms with van der Waals surface area (Å²) in [6.07, 6.45) is -3.53. The number of hydrogen-bond acceptors (Lipinski definition) is 5. The Hall–Kier alpha value is -2.92. The maximum Gasteiger partial charge on any atom is 0.416 e. The van der Waals surface area contributed by atoms with Crippen molar-refractivity contribution in [3.8, 4) is 0 Å². The third kappa shape index (κ3) is 3.90. The maximum absolute atomic E-state index is 13.9. The number of alkyl halides is 3. The van der Waals surface area contributed by atoms with Gasteiger partial charge in [0.25, 0.3) is 5.91 Å². The van der Waals surface area contributed by atoms with Crippen molar-refractivity contribution in [1.29, 1.82) is 0 Å². The highest BCUT2D eigenvalue weighted by molar-refractivity contribution is 7.96. The van der Waals surface area contributed by atoms with Crippen LogP contribution in [-0.2, 0) is 25.5 Å². The van der Waals surface area contributed by atoms with Gasteiger partial charge in [0.2, 0.25) is 9.84 Å². The van der Waals surface area contributed by atoms with Gasteiger partial charge >= 0.3 is 6.18 Å². The summed E-state index contributed by atoms with van der Waals surface area (Å²) < 4.78 is 84.1. The minimum Gasteiger partial charge on any atom is -0.378 e. The van der Waals surface area contributed by atoms with Crippen LogP contribution in [0.1, 0.15) is 5.56 Å². The third-order valence-electron chi connectivity index (χ3n) is 4.99. The van der Waals surface area contributed by atoms with E-state index in [9.17, 15) is 30.8 Å². The molecule has 164 valence electrons. The van der Waals surface area contributed by atoms with Crippen LogP contribution in [0.2, 0.25) is 0 Å². The van der Waals surface area contributed by atoms with Gasteiger partial charge in [-0.15, -0.1) is 0 Å². The van der Waals surface area contributed by atoms with Crippen molar-refractivity contribution in [3.05, 3.63) is 65.0 Å². The lowest BCUT2D eigenvalue weighted by molar-refractivity contribution is -0.137. The molecule has 0 N–H and O–H groups in total. The van der Waals surface area contributed by atoms with E-state index < -0.39 is 38.2 Å². The summed E-state index contributed by atoms with van der Waals surface area (Å²) >= 11 is 0. The fraction of sp³-hybridized carbons (Fsp3) is 0.250. The Bertz CT molecular complexity index is 1150. The first kappa shape index (κ1) is 21.3. The number of ether oxygens (including phenoxy) is 1. The average molecular weight is 456 g/mol. The second-order valence-electron chi connectivity index (χ2n) is 6.93. The zero-order valence-electron chi connectivity index (χ0n) is 15.9. The van der Waals surface area contributed by atoms with Crippen molar-refractivity contribution in [2.75, 3.05) is 31.2 Å². The maximum atomic E-state index is 13.9. The smallest absolute Gasteiger partial charge is 0.378 e. The molecule has 31 heavy (non-hydrogen) atoms. The van der Waals surface area contributed by atoms with Crippen LogP contribution < -0.4 is 4.90 Å². The van der Waals surface area contributed by atoms with Gasteiger partial charge in [-0.1, -0.05) is 0 Å². The standard InChI is InChI=1S/C20H16F4N2O4S/c21-14-3-6-17-16(11-14)26(15-4-1-13(2-5-15)20(22,23)24)12-18(31(17,28)29)19(27)25-7-9-30-10-8-25/h1-6,11-12H,7-10H2. The van der Waals surface area contributed by atoms with E-state index in [1.54, 1.807) is 0 Å². The highest BCUT2D eigenvalue weighted by Crippen LogP contribution is 2.41. The molecule has 0 spiro atoms. The number of benzene rings is 2. The predicted octanol–water partition coefficient (Wildman–Crippen LogP) is 3.47. The zero-order chi connectivity index (χ0) is 22.4. The van der Waals surface area contributed by atoms with Gasteiger partial charge in [-0.25, -0.2) is 12.8 Å². The topological polar surface area (TPSA) is 66.9 Å². The number of amides is 1. The predicted molar refractivity (Wildman–Crippen MR) is 103 cm³/mol. The van der Waals surface area contributed by atoms with Gasteiger partial charge in [-0.05, 0) is 42.5 Å². The van der Waals surface area contributed by atoms with Crippen molar-refractivity contribution in [1.82, 2.24) is 4.90 Å². The van der Waals surface area contributed by atoms with Crippen LogP contribution in [-0.4, -0.2) is 45.5 Å². The van der Waals surface area contributed by atoms with E-state index in [2.05, 4.69) is 0 Å². The molecule has 6 nitrogen and oxygen atoms in total. The molecule has 2 aromatic carbocycles. The Morgan fingerprint density at radius 3 is 2.26 bits per heavy atom. The van der Waals surface area contributed by atoms with E-state index in [-0.39, 0.29) is 42.6 Å². The van der Waals surface area contributed by atoms with Gasteiger partial charge in [0.05, 0.1) is 29.4 Å². The fourth-order valence-corrected chi connectivity index (χ4v) is 4.92. The van der Waals surface area contributed by atoms with Crippen molar-refractivity contribution in [2.24, 2.45) is 0 Å². The molecule has 0 aliphatic carbocycles. The van der Waals surface area contributed by atoms with Gasteiger partial charge in [0, 0.05) is 25.0 Å². The number of halogens is 4. The van der Waals surface area contributed by atoms with Gasteiger partial charge in [0.1, 0.15) is 5.82 Å². The molecule has 0 radical (unpaired) electrons. The number of fused-ring (bicyclic) bond motifs is 1. The molecule has 0 aromatic heterocycles. The number of morpholine rings is 1. The molecule has 0 bridgehead atoms. The Kier molecular flexibility index (Phi) is 5.26. The van der Waals surface area contributed by atoms with E-state index in [1.165, 1.54) is 9.80 Å². The van der Waals surface area contributed by atoms with Crippen LogP contribution in [0.25, 0.3) is 0 Å². The van der Waals surface area contributed by atoms with Crippen LogP contribution in [0.4, 0.5) is 28.9 Å². The first-order valence-corrected chi connectivity index (χ1v) is 10.7. The summed E-state index contributed by atoms with van der Waals surface area (Å²) in [5.74, 6) is -1.49. The molecule has 2 heterocycles. The Labute approximate surface area is 175 Å². The monoisotopic (exact) mass is 456 g/mol. The molecule has 1 amide bonds. The molecule has 2 aliphatic heterocycles. The summed E-state index contributed by atoms with van der Waals surface area (Å²) in [4.78, 5) is 14.6. The van der Waals surface area contributed by atoms with Crippen molar-refractivity contribution < 1.29 is 35.5 Å². The minimum absolute atomic E-state index is 0.0988. The van der Waals surface area contributed by atoms with E-state index >= 15 is 0 Å². The van der Waals surface area contributed by atoms with Crippen molar-refractivity contribution in [2.45, 2.75) is 11.1 Å². The molecular weight excluding hydrogens is 440 g/mol. The van der Waals surface area contributed by atoms with Crippen LogP contribution >= 0.6 is 0 Å². The number of nitrogens with zero attached hydrogens (tertiary/aromatic N) is 2. The normalized spacial score (nSPS) is 18.4. The quantitative estimate of drug-likeness (QED) is 0.512. The van der Waals surface area contributed by atoms with Gasteiger partial charge in [-0.2, -0.15) is 13.2 Å². The second-order valence-corrected chi connectivity index (χ2v) is 8.81. The van der Waals surface area contributed by atoms with Crippen LogP contribution in [0.5, 0.6) is 0 Å². The van der Waals surface area contributed by atoms with E-state index in [0.29, 0.717) is 0 Å². The lowest BCUT2D eigenvalue weighted by Crippen LogP contribution is -2.43. The van der Waals surface area contributed by atoms with Gasteiger partial charge < -0.3 is 14.5 Å². The Balaban J connectivity index is 1.84. The van der Waals surface area contributed by atoms with Gasteiger partial charge in [0.15, 0.2) is 4.91 Å². The Morgan fingerprint density at radius 2 is 1.65 bits per heavy atom. The number of carbonyl (C=O) groups is 1. The van der Waals surface area contributed by atoms with Crippen LogP contribution in [0.3, 0.4) is 0 Å². The summed E-state index contributed by atoms with van der Waals surface area (Å²) in [5, 5.41) is 0. The molecule has 0 unspecified atom stereocenters. The number of carbonyl (C=O) groups excluding carboxylic acids is 1. The number of rotatable bonds is 2. The van der Waals surface area contributed by atoms with E-state index in [0.717, 1.165) is 48.7 Å². The summed E-state index contributed by atoms with van der Waals surface area (Å²) in [6.45, 7) is 0.900. The SMILES string of the molecule is O=C(C1=CN(c2ccc(C(F)(F)F)cc2)c2cc(F)ccc2S1(=O)=O)N1CCOCC1. The second kappa shape index (κ2) is 7.65. The molecule has 1 saturated heterocycles. The lowest BCUT2D eigenvalue weighted by Gasteiger charge is -2.32. The first-order chi connectivity index (χ1) is 14.6. The Morgan fingerprint density at radius 1 is 1.00 bits per heavy atom. The van der Waals surface area contributed by atoms with E-state index in [4.69, 9.17) is 4.74 Å². The first-order valence-electron chi connectivity index (χ1n) is 9.19. The highest BCUT2D eigenvalue weighted by atomic mass is 32.2. The number of sulfone groups is 1. The molecule has 4 rings (SSSR count). The molecule has 11 heteroatoms. The van der Waals surface area contributed by atoms with Crippen molar-refractivity contribution in [3.63, 3.8) is 0 Å². The van der Waals surface area contributed by atoms with Crippen molar-refractivity contribution >= 4 is 27.1 Å². The van der Waals surface area contributed by atoms with Crippen LogP contribution in [0.15, 0.2) is 58.5 Å². The highest BCUT2D eigenvalue weighted by Gasteiger charge is 2.38. The lowest BCUT2D eigenvalue weighted by atomic mass is 10.1. The van der Waals surface area contributed by atoms with Crippen LogP contribution in [0, 0.1) is 5.82 Å².